The topological polar surface area (TPSA) is 86.3 Å². The molecule has 3 heterocycles. The third-order valence-electron chi connectivity index (χ3n) is 5.32. The van der Waals surface area contributed by atoms with Crippen molar-refractivity contribution >= 4 is 17.5 Å². The largest absolute Gasteiger partial charge is 0.351 e. The smallest absolute Gasteiger partial charge is 0.251 e. The molecule has 8 heteroatoms. The lowest BCUT2D eigenvalue weighted by atomic mass is 10.2. The monoisotopic (exact) mass is 461 g/mol. The highest BCUT2D eigenvalue weighted by atomic mass is 16.1. The highest BCUT2D eigenvalue weighted by Gasteiger charge is 2.14. The van der Waals surface area contributed by atoms with Crippen LogP contribution in [-0.4, -0.2) is 77.0 Å². The van der Waals surface area contributed by atoms with Crippen LogP contribution in [0.15, 0.2) is 61.1 Å². The second-order valence-corrected chi connectivity index (χ2v) is 8.32. The van der Waals surface area contributed by atoms with Crippen LogP contribution >= 0.6 is 0 Å². The number of piperazine rings is 1. The molecule has 2 aromatic heterocycles. The molecule has 0 saturated carbocycles. The molecule has 0 aliphatic carbocycles. The second-order valence-electron chi connectivity index (χ2n) is 8.32. The summed E-state index contributed by atoms with van der Waals surface area (Å²) in [5.41, 5.74) is 3.14. The molecule has 0 bridgehead atoms. The molecule has 2 N–H and O–H groups in total. The molecule has 0 atom stereocenters. The van der Waals surface area contributed by atoms with Gasteiger partial charge in [-0.15, -0.1) is 0 Å². The van der Waals surface area contributed by atoms with E-state index in [-0.39, 0.29) is 5.91 Å². The number of hydrogen-bond acceptors (Lipinski definition) is 7. The van der Waals surface area contributed by atoms with E-state index in [1.165, 1.54) is 6.42 Å². The van der Waals surface area contributed by atoms with Gasteiger partial charge in [0.1, 0.15) is 0 Å². The number of rotatable bonds is 7. The number of aromatic nitrogens is 3. The fourth-order valence-electron chi connectivity index (χ4n) is 3.47. The third-order valence-corrected chi connectivity index (χ3v) is 5.32. The van der Waals surface area contributed by atoms with Crippen LogP contribution in [0.2, 0.25) is 0 Å². The molecule has 8 nitrogen and oxygen atoms in total. The molecule has 1 aromatic carbocycles. The average Bonchev–Trinajstić information content (AvgIpc) is 2.86. The number of likely N-dealkylation sites (N-methyl/N-ethyl adjacent to an activating group) is 1. The van der Waals surface area contributed by atoms with E-state index in [9.17, 15) is 4.79 Å². The number of pyridine rings is 1. The maximum Gasteiger partial charge on any atom is 0.251 e. The third kappa shape index (κ3) is 7.90. The van der Waals surface area contributed by atoms with Gasteiger partial charge in [-0.25, -0.2) is 9.97 Å². The maximum atomic E-state index is 12.6. The minimum Gasteiger partial charge on any atom is -0.351 e. The Labute approximate surface area is 202 Å². The summed E-state index contributed by atoms with van der Waals surface area (Å²) in [5.74, 6) is 0.395. The quantitative estimate of drug-likeness (QED) is 0.555. The average molecular weight is 462 g/mol. The number of amides is 1. The van der Waals surface area contributed by atoms with Crippen LogP contribution in [0.25, 0.3) is 11.3 Å². The van der Waals surface area contributed by atoms with Gasteiger partial charge in [0.05, 0.1) is 5.69 Å². The highest BCUT2D eigenvalue weighted by molar-refractivity contribution is 5.95. The van der Waals surface area contributed by atoms with Crippen molar-refractivity contribution in [3.05, 3.63) is 66.6 Å². The fraction of sp³-hybridized carbons (Fsp3) is 0.385. The lowest BCUT2D eigenvalue weighted by Crippen LogP contribution is -2.46. The van der Waals surface area contributed by atoms with Crippen LogP contribution in [0.3, 0.4) is 0 Å². The van der Waals surface area contributed by atoms with Crippen LogP contribution in [0.5, 0.6) is 0 Å². The van der Waals surface area contributed by atoms with Gasteiger partial charge in [-0.05, 0) is 43.4 Å². The number of nitrogens with zero attached hydrogens (tertiary/aromatic N) is 5. The van der Waals surface area contributed by atoms with Gasteiger partial charge in [0.25, 0.3) is 5.91 Å². The van der Waals surface area contributed by atoms with Gasteiger partial charge in [0.15, 0.2) is 0 Å². The van der Waals surface area contributed by atoms with E-state index in [0.29, 0.717) is 18.1 Å². The summed E-state index contributed by atoms with van der Waals surface area (Å²) in [6.07, 6.45) is 6.42. The minimum atomic E-state index is -0.0794. The van der Waals surface area contributed by atoms with Crippen LogP contribution < -0.4 is 10.6 Å². The first-order valence-corrected chi connectivity index (χ1v) is 11.9. The summed E-state index contributed by atoms with van der Waals surface area (Å²) in [6.45, 7) is 10.00. The van der Waals surface area contributed by atoms with Gasteiger partial charge in [0, 0.05) is 74.7 Å². The zero-order valence-electron chi connectivity index (χ0n) is 20.4. The number of benzene rings is 1. The van der Waals surface area contributed by atoms with E-state index < -0.39 is 0 Å². The predicted octanol–water partition coefficient (Wildman–Crippen LogP) is 3.68. The van der Waals surface area contributed by atoms with Gasteiger partial charge in [-0.3, -0.25) is 14.7 Å². The van der Waals surface area contributed by atoms with Gasteiger partial charge in [-0.2, -0.15) is 0 Å². The Bertz CT molecular complexity index is 1020. The van der Waals surface area contributed by atoms with Crippen molar-refractivity contribution in [1.29, 1.82) is 0 Å². The Morgan fingerprint density at radius 3 is 2.47 bits per heavy atom. The first kappa shape index (κ1) is 25.3. The van der Waals surface area contributed by atoms with E-state index in [1.54, 1.807) is 18.6 Å². The molecule has 1 aliphatic heterocycles. The van der Waals surface area contributed by atoms with E-state index in [4.69, 9.17) is 0 Å². The Hall–Kier alpha value is -3.36. The molecular weight excluding hydrogens is 426 g/mol. The Morgan fingerprint density at radius 1 is 1.00 bits per heavy atom. The molecule has 0 radical (unpaired) electrons. The van der Waals surface area contributed by atoms with Crippen LogP contribution in [0.1, 0.15) is 30.6 Å². The summed E-state index contributed by atoms with van der Waals surface area (Å²) < 4.78 is 0. The van der Waals surface area contributed by atoms with Crippen molar-refractivity contribution in [2.75, 3.05) is 51.6 Å². The maximum absolute atomic E-state index is 12.6. The number of hydrogen-bond donors (Lipinski definition) is 2. The van der Waals surface area contributed by atoms with E-state index in [1.807, 2.05) is 42.5 Å². The van der Waals surface area contributed by atoms with Crippen molar-refractivity contribution in [2.45, 2.75) is 20.3 Å². The summed E-state index contributed by atoms with van der Waals surface area (Å²) in [5, 5.41) is 6.21. The van der Waals surface area contributed by atoms with E-state index in [0.717, 1.165) is 49.7 Å². The van der Waals surface area contributed by atoms with Crippen molar-refractivity contribution < 1.29 is 4.79 Å². The minimum absolute atomic E-state index is 0.0794. The van der Waals surface area contributed by atoms with Gasteiger partial charge in [-0.1, -0.05) is 26.3 Å². The van der Waals surface area contributed by atoms with Crippen molar-refractivity contribution in [3.63, 3.8) is 0 Å². The molecule has 0 unspecified atom stereocenters. The Balaban J connectivity index is 0.00000103. The molecule has 1 amide bonds. The lowest BCUT2D eigenvalue weighted by Gasteiger charge is -2.32. The SMILES string of the molecule is CCC.CN1CCN(CCNC(=O)c2cccc(Nc3nccc(-c4ccncc4)n3)c2)CC1. The summed E-state index contributed by atoms with van der Waals surface area (Å²) in [4.78, 5) is 30.2. The molecule has 34 heavy (non-hydrogen) atoms. The van der Waals surface area contributed by atoms with Crippen molar-refractivity contribution in [1.82, 2.24) is 30.1 Å². The zero-order chi connectivity index (χ0) is 24.2. The molecule has 0 spiro atoms. The van der Waals surface area contributed by atoms with E-state index >= 15 is 0 Å². The first-order chi connectivity index (χ1) is 16.6. The molecule has 4 rings (SSSR count). The fourth-order valence-corrected chi connectivity index (χ4v) is 3.47. The lowest BCUT2D eigenvalue weighted by molar-refractivity contribution is 0.0941. The van der Waals surface area contributed by atoms with E-state index in [2.05, 4.69) is 56.3 Å². The predicted molar refractivity (Wildman–Crippen MR) is 137 cm³/mol. The zero-order valence-corrected chi connectivity index (χ0v) is 20.4. The highest BCUT2D eigenvalue weighted by Crippen LogP contribution is 2.19. The number of carbonyl (C=O) groups is 1. The van der Waals surface area contributed by atoms with Crippen molar-refractivity contribution in [2.24, 2.45) is 0 Å². The number of carbonyl (C=O) groups excluding carboxylic acids is 1. The normalized spacial score (nSPS) is 14.1. The van der Waals surface area contributed by atoms with Crippen LogP contribution in [-0.2, 0) is 0 Å². The number of anilines is 2. The van der Waals surface area contributed by atoms with Crippen LogP contribution in [0.4, 0.5) is 11.6 Å². The molecule has 180 valence electrons. The summed E-state index contributed by atoms with van der Waals surface area (Å²) in [7, 11) is 2.14. The Morgan fingerprint density at radius 2 is 1.74 bits per heavy atom. The molecule has 1 saturated heterocycles. The molecular formula is C26H35N7O. The summed E-state index contributed by atoms with van der Waals surface area (Å²) in [6, 6.07) is 13.0. The molecule has 1 aliphatic rings. The standard InChI is InChI=1S/C23H27N7O.C3H8/c1-29-13-15-30(16-14-29)12-11-25-22(31)19-3-2-4-20(17-19)27-23-26-10-7-21(28-23)18-5-8-24-9-6-18;1-3-2/h2-10,17H,11-16H2,1H3,(H,25,31)(H,26,27,28);3H2,1-2H3. The molecule has 1 fully saturated rings. The van der Waals surface area contributed by atoms with Crippen LogP contribution in [0, 0.1) is 0 Å². The van der Waals surface area contributed by atoms with Gasteiger partial charge >= 0.3 is 0 Å². The first-order valence-electron chi connectivity index (χ1n) is 11.9. The number of nitrogens with one attached hydrogen (secondary N) is 2. The van der Waals surface area contributed by atoms with Crippen molar-refractivity contribution in [3.8, 4) is 11.3 Å². The van der Waals surface area contributed by atoms with Gasteiger partial charge in [0.2, 0.25) is 5.95 Å². The second kappa shape index (κ2) is 13.4. The summed E-state index contributed by atoms with van der Waals surface area (Å²) >= 11 is 0. The molecule has 3 aromatic rings. The Kier molecular flexibility index (Phi) is 9.94. The van der Waals surface area contributed by atoms with Gasteiger partial charge < -0.3 is 15.5 Å².